The Hall–Kier alpha value is -3.54. The first-order valence-electron chi connectivity index (χ1n) is 8.64. The number of hydrogen-bond donors (Lipinski definition) is 0. The molecule has 27 heavy (non-hydrogen) atoms. The van der Waals surface area contributed by atoms with Crippen LogP contribution >= 0.6 is 0 Å². The Bertz CT molecular complexity index is 974. The number of carbonyl (C=O) groups is 1. The summed E-state index contributed by atoms with van der Waals surface area (Å²) < 4.78 is 4.89. The zero-order valence-corrected chi connectivity index (χ0v) is 14.8. The van der Waals surface area contributed by atoms with Crippen LogP contribution in [-0.2, 0) is 9.53 Å². The van der Waals surface area contributed by atoms with Crippen LogP contribution in [0.4, 0.5) is 5.95 Å². The molecule has 2 heterocycles. The molecule has 3 aromatic rings. The normalized spacial score (nSPS) is 15.7. The lowest BCUT2D eigenvalue weighted by Crippen LogP contribution is -2.38. The van der Waals surface area contributed by atoms with Gasteiger partial charge in [0.2, 0.25) is 5.95 Å². The predicted octanol–water partition coefficient (Wildman–Crippen LogP) is 3.12. The van der Waals surface area contributed by atoms with E-state index in [1.54, 1.807) is 11.0 Å². The molecule has 6 heteroatoms. The minimum absolute atomic E-state index is 0.347. The van der Waals surface area contributed by atoms with Gasteiger partial charge in [-0.1, -0.05) is 72.8 Å². The van der Waals surface area contributed by atoms with Crippen molar-refractivity contribution < 1.29 is 9.53 Å². The van der Waals surface area contributed by atoms with Crippen molar-refractivity contribution in [3.63, 3.8) is 0 Å². The van der Waals surface area contributed by atoms with Crippen LogP contribution in [0.2, 0.25) is 0 Å². The van der Waals surface area contributed by atoms with Crippen molar-refractivity contribution in [2.75, 3.05) is 18.6 Å². The van der Waals surface area contributed by atoms with Gasteiger partial charge in [0, 0.05) is 17.7 Å². The number of benzene rings is 2. The summed E-state index contributed by atoms with van der Waals surface area (Å²) in [7, 11) is 1.37. The fourth-order valence-electron chi connectivity index (χ4n) is 3.08. The van der Waals surface area contributed by atoms with Gasteiger partial charge in [-0.2, -0.15) is 0 Å². The summed E-state index contributed by atoms with van der Waals surface area (Å²) in [6.45, 7) is 0.528. The molecule has 1 aromatic heterocycles. The second-order valence-corrected chi connectivity index (χ2v) is 6.09. The summed E-state index contributed by atoms with van der Waals surface area (Å²) >= 11 is 0. The molecular formula is C21H18N4O2. The maximum absolute atomic E-state index is 12.1. The third kappa shape index (κ3) is 3.29. The summed E-state index contributed by atoms with van der Waals surface area (Å²) in [5.74, 6) is 0.0506. The topological polar surface area (TPSA) is 68.2 Å². The number of methoxy groups -OCH3 is 1. The standard InChI is InChI=1S/C21H18N4O2/c1-27-20(26)17-13-8-14-25(17)21-22-18(15-9-4-2-5-10-15)19(23-24-21)16-11-6-3-7-12-16/h2-13,17H,14H2,1H3/t17-/m1/s1. The molecule has 0 saturated heterocycles. The third-order valence-electron chi connectivity index (χ3n) is 4.43. The monoisotopic (exact) mass is 358 g/mol. The smallest absolute Gasteiger partial charge is 0.332 e. The van der Waals surface area contributed by atoms with E-state index in [4.69, 9.17) is 9.72 Å². The van der Waals surface area contributed by atoms with E-state index in [2.05, 4.69) is 10.2 Å². The van der Waals surface area contributed by atoms with Crippen LogP contribution in [-0.4, -0.2) is 40.8 Å². The van der Waals surface area contributed by atoms with Crippen molar-refractivity contribution in [1.82, 2.24) is 15.2 Å². The van der Waals surface area contributed by atoms with Gasteiger partial charge in [-0.15, -0.1) is 10.2 Å². The quantitative estimate of drug-likeness (QED) is 0.527. The van der Waals surface area contributed by atoms with E-state index in [9.17, 15) is 4.79 Å². The Morgan fingerprint density at radius 3 is 2.22 bits per heavy atom. The minimum atomic E-state index is -0.539. The molecule has 1 aliphatic heterocycles. The predicted molar refractivity (Wildman–Crippen MR) is 103 cm³/mol. The Balaban J connectivity index is 1.81. The first-order valence-corrected chi connectivity index (χ1v) is 8.64. The maximum atomic E-state index is 12.1. The van der Waals surface area contributed by atoms with E-state index < -0.39 is 6.04 Å². The highest BCUT2D eigenvalue weighted by Gasteiger charge is 2.30. The fraction of sp³-hybridized carbons (Fsp3) is 0.143. The van der Waals surface area contributed by atoms with E-state index in [1.807, 2.05) is 66.7 Å². The molecule has 0 unspecified atom stereocenters. The van der Waals surface area contributed by atoms with Crippen LogP contribution < -0.4 is 4.90 Å². The highest BCUT2D eigenvalue weighted by atomic mass is 16.5. The molecule has 1 aliphatic rings. The molecule has 6 nitrogen and oxygen atoms in total. The molecular weight excluding hydrogens is 340 g/mol. The van der Waals surface area contributed by atoms with Crippen molar-refractivity contribution >= 4 is 11.9 Å². The summed E-state index contributed by atoms with van der Waals surface area (Å²) in [5, 5.41) is 8.76. The van der Waals surface area contributed by atoms with Crippen molar-refractivity contribution in [2.24, 2.45) is 0 Å². The number of rotatable bonds is 4. The Kier molecular flexibility index (Phi) is 4.61. The molecule has 0 aliphatic carbocycles. The molecule has 1 atom stereocenters. The Morgan fingerprint density at radius 2 is 1.59 bits per heavy atom. The van der Waals surface area contributed by atoms with Gasteiger partial charge in [-0.05, 0) is 0 Å². The van der Waals surface area contributed by atoms with Crippen LogP contribution in [0, 0.1) is 0 Å². The zero-order chi connectivity index (χ0) is 18.6. The molecule has 4 rings (SSSR count). The van der Waals surface area contributed by atoms with Gasteiger partial charge in [0.05, 0.1) is 7.11 Å². The summed E-state index contributed by atoms with van der Waals surface area (Å²) in [5.41, 5.74) is 3.30. The van der Waals surface area contributed by atoms with Gasteiger partial charge < -0.3 is 9.64 Å². The Morgan fingerprint density at radius 1 is 0.963 bits per heavy atom. The summed E-state index contributed by atoms with van der Waals surface area (Å²) in [6, 6.07) is 19.1. The van der Waals surface area contributed by atoms with E-state index >= 15 is 0 Å². The van der Waals surface area contributed by atoms with E-state index in [1.165, 1.54) is 7.11 Å². The largest absolute Gasteiger partial charge is 0.467 e. The molecule has 0 spiro atoms. The number of aromatic nitrogens is 3. The second kappa shape index (κ2) is 7.37. The second-order valence-electron chi connectivity index (χ2n) is 6.09. The molecule has 0 N–H and O–H groups in total. The number of carbonyl (C=O) groups excluding carboxylic acids is 1. The highest BCUT2D eigenvalue weighted by molar-refractivity contribution is 5.83. The molecule has 134 valence electrons. The first-order chi connectivity index (χ1) is 13.3. The number of ether oxygens (including phenoxy) is 1. The van der Waals surface area contributed by atoms with E-state index in [0.717, 1.165) is 16.8 Å². The van der Waals surface area contributed by atoms with Crippen LogP contribution in [0.3, 0.4) is 0 Å². The van der Waals surface area contributed by atoms with Gasteiger partial charge >= 0.3 is 5.97 Å². The molecule has 0 fully saturated rings. The van der Waals surface area contributed by atoms with Crippen LogP contribution in [0.1, 0.15) is 0 Å². The average molecular weight is 358 g/mol. The van der Waals surface area contributed by atoms with Gasteiger partial charge in [-0.3, -0.25) is 0 Å². The van der Waals surface area contributed by atoms with E-state index in [-0.39, 0.29) is 5.97 Å². The average Bonchev–Trinajstić information content (AvgIpc) is 3.24. The molecule has 2 aromatic carbocycles. The Labute approximate surface area is 157 Å². The molecule has 0 amide bonds. The number of hydrogen-bond acceptors (Lipinski definition) is 6. The third-order valence-corrected chi connectivity index (χ3v) is 4.43. The van der Waals surface area contributed by atoms with Gasteiger partial charge in [0.25, 0.3) is 0 Å². The summed E-state index contributed by atoms with van der Waals surface area (Å²) in [4.78, 5) is 18.6. The number of anilines is 1. The fourth-order valence-corrected chi connectivity index (χ4v) is 3.08. The lowest BCUT2D eigenvalue weighted by Gasteiger charge is -2.22. The SMILES string of the molecule is COC(=O)[C@H]1C=CCN1c1nnc(-c2ccccc2)c(-c2ccccc2)n1. The minimum Gasteiger partial charge on any atom is -0.467 e. The van der Waals surface area contributed by atoms with Crippen LogP contribution in [0.15, 0.2) is 72.8 Å². The molecule has 0 bridgehead atoms. The summed E-state index contributed by atoms with van der Waals surface area (Å²) in [6.07, 6.45) is 3.70. The molecule has 0 radical (unpaired) electrons. The van der Waals surface area contributed by atoms with Crippen LogP contribution in [0.5, 0.6) is 0 Å². The van der Waals surface area contributed by atoms with Crippen molar-refractivity contribution in [3.8, 4) is 22.5 Å². The lowest BCUT2D eigenvalue weighted by molar-refractivity contribution is -0.140. The highest BCUT2D eigenvalue weighted by Crippen LogP contribution is 2.30. The number of esters is 1. The van der Waals surface area contributed by atoms with Gasteiger partial charge in [0.15, 0.2) is 0 Å². The van der Waals surface area contributed by atoms with Crippen molar-refractivity contribution in [2.45, 2.75) is 6.04 Å². The lowest BCUT2D eigenvalue weighted by atomic mass is 10.0. The first kappa shape index (κ1) is 16.9. The number of nitrogens with zero attached hydrogens (tertiary/aromatic N) is 4. The van der Waals surface area contributed by atoms with Gasteiger partial charge in [0.1, 0.15) is 17.4 Å². The maximum Gasteiger partial charge on any atom is 0.332 e. The van der Waals surface area contributed by atoms with Gasteiger partial charge in [-0.25, -0.2) is 9.78 Å². The molecule has 0 saturated carbocycles. The van der Waals surface area contributed by atoms with E-state index in [0.29, 0.717) is 18.2 Å². The zero-order valence-electron chi connectivity index (χ0n) is 14.8. The van der Waals surface area contributed by atoms with Crippen molar-refractivity contribution in [1.29, 1.82) is 0 Å². The van der Waals surface area contributed by atoms with Crippen LogP contribution in [0.25, 0.3) is 22.5 Å². The van der Waals surface area contributed by atoms with Crippen molar-refractivity contribution in [3.05, 3.63) is 72.8 Å².